The molecule has 94 valence electrons. The average Bonchev–Trinajstić information content (AvgIpc) is 2.37. The maximum absolute atomic E-state index is 13.3. The molecular weight excluding hydrogens is 317 g/mol. The minimum atomic E-state index is -0.243. The fourth-order valence-electron chi connectivity index (χ4n) is 1.66. The van der Waals surface area contributed by atoms with Gasteiger partial charge in [0.25, 0.3) is 0 Å². The molecule has 1 N–H and O–H groups in total. The first-order valence-corrected chi connectivity index (χ1v) is 6.72. The molecule has 0 radical (unpaired) electrons. The van der Waals surface area contributed by atoms with Crippen LogP contribution in [0.3, 0.4) is 0 Å². The van der Waals surface area contributed by atoms with E-state index in [4.69, 9.17) is 11.6 Å². The molecule has 4 heteroatoms. The summed E-state index contributed by atoms with van der Waals surface area (Å²) >= 11 is 9.29. The van der Waals surface area contributed by atoms with Gasteiger partial charge in [-0.25, -0.2) is 4.39 Å². The van der Waals surface area contributed by atoms with Crippen LogP contribution in [0.2, 0.25) is 5.02 Å². The average molecular weight is 329 g/mol. The summed E-state index contributed by atoms with van der Waals surface area (Å²) < 4.78 is 13.8. The molecule has 0 saturated heterocycles. The van der Waals surface area contributed by atoms with E-state index in [-0.39, 0.29) is 5.82 Å². The van der Waals surface area contributed by atoms with Gasteiger partial charge in [0.2, 0.25) is 0 Å². The zero-order valence-corrected chi connectivity index (χ0v) is 11.9. The molecule has 2 aromatic carbocycles. The number of halogens is 3. The zero-order valence-electron chi connectivity index (χ0n) is 9.59. The SMILES string of the molecule is Fc1cccc(CNCc2ccccc2Cl)c1Br. The molecule has 0 aliphatic rings. The topological polar surface area (TPSA) is 12.0 Å². The molecule has 18 heavy (non-hydrogen) atoms. The zero-order chi connectivity index (χ0) is 13.0. The van der Waals surface area contributed by atoms with E-state index < -0.39 is 0 Å². The van der Waals surface area contributed by atoms with Gasteiger partial charge in [-0.1, -0.05) is 41.9 Å². The predicted molar refractivity (Wildman–Crippen MR) is 76.1 cm³/mol. The third-order valence-electron chi connectivity index (χ3n) is 2.62. The number of nitrogens with one attached hydrogen (secondary N) is 1. The van der Waals surface area contributed by atoms with Crippen LogP contribution in [0.1, 0.15) is 11.1 Å². The van der Waals surface area contributed by atoms with E-state index in [1.54, 1.807) is 6.07 Å². The Kier molecular flexibility index (Phi) is 4.75. The highest BCUT2D eigenvalue weighted by Gasteiger charge is 2.05. The molecule has 2 aromatic rings. The monoisotopic (exact) mass is 327 g/mol. The van der Waals surface area contributed by atoms with Crippen LogP contribution in [-0.4, -0.2) is 0 Å². The maximum Gasteiger partial charge on any atom is 0.137 e. The van der Waals surface area contributed by atoms with Crippen molar-refractivity contribution in [2.75, 3.05) is 0 Å². The van der Waals surface area contributed by atoms with Gasteiger partial charge < -0.3 is 5.32 Å². The van der Waals surface area contributed by atoms with Gasteiger partial charge in [0.05, 0.1) is 4.47 Å². The summed E-state index contributed by atoms with van der Waals surface area (Å²) in [7, 11) is 0. The van der Waals surface area contributed by atoms with Gasteiger partial charge >= 0.3 is 0 Å². The Hall–Kier alpha value is -0.900. The van der Waals surface area contributed by atoms with Crippen molar-refractivity contribution in [1.82, 2.24) is 5.32 Å². The molecule has 1 nitrogen and oxygen atoms in total. The Bertz CT molecular complexity index is 545. The van der Waals surface area contributed by atoms with Crippen molar-refractivity contribution in [2.45, 2.75) is 13.1 Å². The molecular formula is C14H12BrClFN. The smallest absolute Gasteiger partial charge is 0.137 e. The molecule has 0 aliphatic carbocycles. The van der Waals surface area contributed by atoms with Crippen LogP contribution in [0.4, 0.5) is 4.39 Å². The van der Waals surface area contributed by atoms with Gasteiger partial charge in [0.1, 0.15) is 5.82 Å². The van der Waals surface area contributed by atoms with E-state index in [1.807, 2.05) is 30.3 Å². The first kappa shape index (κ1) is 13.5. The van der Waals surface area contributed by atoms with Crippen LogP contribution in [0, 0.1) is 5.82 Å². The highest BCUT2D eigenvalue weighted by atomic mass is 79.9. The van der Waals surface area contributed by atoms with Crippen molar-refractivity contribution in [3.63, 3.8) is 0 Å². The molecule has 0 saturated carbocycles. The second-order valence-electron chi connectivity index (χ2n) is 3.91. The van der Waals surface area contributed by atoms with Crippen molar-refractivity contribution < 1.29 is 4.39 Å². The van der Waals surface area contributed by atoms with Crippen LogP contribution in [0.15, 0.2) is 46.9 Å². The van der Waals surface area contributed by atoms with E-state index >= 15 is 0 Å². The number of hydrogen-bond acceptors (Lipinski definition) is 1. The second kappa shape index (κ2) is 6.32. The van der Waals surface area contributed by atoms with Crippen LogP contribution >= 0.6 is 27.5 Å². The molecule has 0 fully saturated rings. The molecule has 0 aromatic heterocycles. The van der Waals surface area contributed by atoms with Crippen molar-refractivity contribution in [3.05, 3.63) is 68.9 Å². The predicted octanol–water partition coefficient (Wildman–Crippen LogP) is 4.53. The quantitative estimate of drug-likeness (QED) is 0.869. The minimum absolute atomic E-state index is 0.243. The summed E-state index contributed by atoms with van der Waals surface area (Å²) in [6.45, 7) is 1.24. The molecule has 0 aliphatic heterocycles. The van der Waals surface area contributed by atoms with Gasteiger partial charge in [-0.05, 0) is 39.2 Å². The van der Waals surface area contributed by atoms with Gasteiger partial charge in [0.15, 0.2) is 0 Å². The molecule has 2 rings (SSSR count). The molecule has 0 heterocycles. The highest BCUT2D eigenvalue weighted by molar-refractivity contribution is 9.10. The lowest BCUT2D eigenvalue weighted by Gasteiger charge is -2.08. The molecule has 0 amide bonds. The first-order valence-electron chi connectivity index (χ1n) is 5.55. The van der Waals surface area contributed by atoms with Gasteiger partial charge in [-0.2, -0.15) is 0 Å². The van der Waals surface area contributed by atoms with Gasteiger partial charge in [0, 0.05) is 18.1 Å². The standard InChI is InChI=1S/C14H12BrClFN/c15-14-11(5-3-7-13(14)17)9-18-8-10-4-1-2-6-12(10)16/h1-7,18H,8-9H2. The lowest BCUT2D eigenvalue weighted by Crippen LogP contribution is -2.13. The fourth-order valence-corrected chi connectivity index (χ4v) is 2.27. The Balaban J connectivity index is 1.97. The number of hydrogen-bond donors (Lipinski definition) is 1. The lowest BCUT2D eigenvalue weighted by atomic mass is 10.2. The summed E-state index contributed by atoms with van der Waals surface area (Å²) in [6, 6.07) is 12.7. The Morgan fingerprint density at radius 3 is 2.44 bits per heavy atom. The van der Waals surface area contributed by atoms with Crippen LogP contribution < -0.4 is 5.32 Å². The molecule has 0 spiro atoms. The summed E-state index contributed by atoms with van der Waals surface area (Å²) in [6.07, 6.45) is 0. The molecule has 0 atom stereocenters. The normalized spacial score (nSPS) is 10.6. The summed E-state index contributed by atoms with van der Waals surface area (Å²) in [5.74, 6) is -0.243. The summed E-state index contributed by atoms with van der Waals surface area (Å²) in [5.41, 5.74) is 1.92. The van der Waals surface area contributed by atoms with Crippen molar-refractivity contribution in [1.29, 1.82) is 0 Å². The largest absolute Gasteiger partial charge is 0.309 e. The van der Waals surface area contributed by atoms with Crippen molar-refractivity contribution >= 4 is 27.5 Å². The van der Waals surface area contributed by atoms with E-state index in [9.17, 15) is 4.39 Å². The lowest BCUT2D eigenvalue weighted by molar-refractivity contribution is 0.612. The van der Waals surface area contributed by atoms with E-state index in [2.05, 4.69) is 21.2 Å². The van der Waals surface area contributed by atoms with Crippen LogP contribution in [0.5, 0.6) is 0 Å². The van der Waals surface area contributed by atoms with Crippen molar-refractivity contribution in [3.8, 4) is 0 Å². The Labute approximate surface area is 119 Å². The van der Waals surface area contributed by atoms with E-state index in [1.165, 1.54) is 6.07 Å². The number of rotatable bonds is 4. The van der Waals surface area contributed by atoms with Crippen LogP contribution in [-0.2, 0) is 13.1 Å². The van der Waals surface area contributed by atoms with Crippen molar-refractivity contribution in [2.24, 2.45) is 0 Å². The summed E-state index contributed by atoms with van der Waals surface area (Å²) in [5, 5.41) is 3.98. The minimum Gasteiger partial charge on any atom is -0.309 e. The van der Waals surface area contributed by atoms with E-state index in [0.717, 1.165) is 16.1 Å². The first-order chi connectivity index (χ1) is 8.68. The second-order valence-corrected chi connectivity index (χ2v) is 5.11. The van der Waals surface area contributed by atoms with Gasteiger partial charge in [-0.3, -0.25) is 0 Å². The summed E-state index contributed by atoms with van der Waals surface area (Å²) in [4.78, 5) is 0. The van der Waals surface area contributed by atoms with E-state index in [0.29, 0.717) is 17.6 Å². The Morgan fingerprint density at radius 2 is 1.67 bits per heavy atom. The van der Waals surface area contributed by atoms with Crippen LogP contribution in [0.25, 0.3) is 0 Å². The molecule has 0 bridgehead atoms. The van der Waals surface area contributed by atoms with Gasteiger partial charge in [-0.15, -0.1) is 0 Å². The fraction of sp³-hybridized carbons (Fsp3) is 0.143. The third-order valence-corrected chi connectivity index (χ3v) is 3.88. The number of benzene rings is 2. The third kappa shape index (κ3) is 3.31. The highest BCUT2D eigenvalue weighted by Crippen LogP contribution is 2.20. The maximum atomic E-state index is 13.3. The Morgan fingerprint density at radius 1 is 1.00 bits per heavy atom. The molecule has 0 unspecified atom stereocenters.